The first-order valence-corrected chi connectivity index (χ1v) is 28.4. The summed E-state index contributed by atoms with van der Waals surface area (Å²) in [6.07, 6.45) is 0.0209. The van der Waals surface area contributed by atoms with E-state index in [1.165, 1.54) is 19.1 Å². The predicted octanol–water partition coefficient (Wildman–Crippen LogP) is 3.45. The van der Waals surface area contributed by atoms with Crippen LogP contribution in [0.15, 0.2) is 84.9 Å². The summed E-state index contributed by atoms with van der Waals surface area (Å²) in [6.45, 7) is 8.43. The zero-order valence-corrected chi connectivity index (χ0v) is 46.1. The fourth-order valence-corrected chi connectivity index (χ4v) is 10.9. The third kappa shape index (κ3) is 20.0. The van der Waals surface area contributed by atoms with Crippen LogP contribution in [0.1, 0.15) is 89.0 Å². The number of aliphatic carboxylic acids is 1. The number of carbonyl (C=O) groups is 9. The largest absolute Gasteiger partial charge is 0.508 e. The maximum atomic E-state index is 15.0. The van der Waals surface area contributed by atoms with E-state index in [9.17, 15) is 58.5 Å². The molecule has 0 radical (unpaired) electrons. The number of alkyl carbamates (subject to hydrolysis) is 1. The number of allylic oxidation sites excluding steroid dienone is 1. The van der Waals surface area contributed by atoms with Gasteiger partial charge in [-0.15, -0.1) is 0 Å². The van der Waals surface area contributed by atoms with Crippen molar-refractivity contribution in [1.82, 2.24) is 42.5 Å². The number of unbranched alkanes of at least 4 members (excludes halogenated alkanes) is 1. The summed E-state index contributed by atoms with van der Waals surface area (Å²) < 4.78 is 5.32. The summed E-state index contributed by atoms with van der Waals surface area (Å²) in [6, 6.07) is 13.1. The summed E-state index contributed by atoms with van der Waals surface area (Å²) in [5, 5.41) is 52.5. The van der Waals surface area contributed by atoms with Crippen LogP contribution in [0.3, 0.4) is 0 Å². The van der Waals surface area contributed by atoms with Crippen LogP contribution in [0.5, 0.6) is 5.75 Å². The van der Waals surface area contributed by atoms with Crippen LogP contribution in [-0.2, 0) is 57.6 Å². The molecular weight excluding hydrogens is 1040 g/mol. The number of ketones is 1. The van der Waals surface area contributed by atoms with E-state index in [-0.39, 0.29) is 62.4 Å². The molecule has 1 aliphatic carbocycles. The summed E-state index contributed by atoms with van der Waals surface area (Å²) in [7, 11) is 1.93. The maximum absolute atomic E-state index is 15.0. The molecule has 0 bridgehead atoms. The molecule has 21 nitrogen and oxygen atoms in total. The van der Waals surface area contributed by atoms with Crippen molar-refractivity contribution in [2.24, 2.45) is 5.92 Å². The van der Waals surface area contributed by atoms with Gasteiger partial charge in [-0.2, -0.15) is 0 Å². The first-order chi connectivity index (χ1) is 37.1. The van der Waals surface area contributed by atoms with Gasteiger partial charge in [-0.1, -0.05) is 94.4 Å². The number of carboxylic acid groups (broad SMARTS) is 1. The Morgan fingerprint density at radius 2 is 1.44 bits per heavy atom. The molecular formula is C55H72N8O13S2. The summed E-state index contributed by atoms with van der Waals surface area (Å²) >= 11 is 0. The van der Waals surface area contributed by atoms with Gasteiger partial charge in [0.25, 0.3) is 0 Å². The molecule has 11 N–H and O–H groups in total. The molecule has 3 aromatic carbocycles. The smallest absolute Gasteiger partial charge is 0.407 e. The second-order valence-corrected chi connectivity index (χ2v) is 22.6. The Kier molecular flexibility index (Phi) is 23.9. The SMILES string of the molecule is CCNC(=O)N[C@H](Cc1ccccc1)C(=O)N[C@H]1CSSC[C@@H](C(=O)O)NC(=O)[C@H]([C@@H](C)O)NC(=O)[C@H](CCCCNC(=O)OC(C)(C)C)NC(=O)[C@@H](CC2=CCc3ccccc32)NC(=O)[C@H](Cc2ccc(O)cc2)CC1=O. The molecule has 0 unspecified atom stereocenters. The lowest BCUT2D eigenvalue weighted by molar-refractivity contribution is -0.142. The van der Waals surface area contributed by atoms with Gasteiger partial charge in [-0.05, 0) is 107 Å². The number of Topliss-reactive ketones (excluding diaryl/α,β-unsaturated/α-hetero) is 1. The third-order valence-electron chi connectivity index (χ3n) is 12.6. The van der Waals surface area contributed by atoms with Crippen molar-refractivity contribution in [3.05, 3.63) is 107 Å². The first-order valence-electron chi connectivity index (χ1n) is 25.9. The molecule has 2 aliphatic rings. The number of fused-ring (bicyclic) bond motifs is 1. The number of hydrogen-bond acceptors (Lipinski definition) is 14. The highest BCUT2D eigenvalue weighted by Crippen LogP contribution is 2.31. The number of aliphatic hydroxyl groups is 1. The number of carbonyl (C=O) groups excluding carboxylic acids is 8. The van der Waals surface area contributed by atoms with Crippen LogP contribution < -0.4 is 42.5 Å². The number of aromatic hydroxyl groups is 1. The molecule has 8 amide bonds. The van der Waals surface area contributed by atoms with Crippen molar-refractivity contribution in [1.29, 1.82) is 0 Å². The number of ether oxygens (including phenoxy) is 1. The number of phenolic OH excluding ortho intramolecular Hbond substituents is 1. The molecule has 0 saturated carbocycles. The van der Waals surface area contributed by atoms with E-state index in [0.717, 1.165) is 32.7 Å². The van der Waals surface area contributed by atoms with Crippen molar-refractivity contribution in [3.63, 3.8) is 0 Å². The lowest BCUT2D eigenvalue weighted by Gasteiger charge is -2.28. The van der Waals surface area contributed by atoms with Gasteiger partial charge in [0, 0.05) is 49.8 Å². The van der Waals surface area contributed by atoms with Crippen molar-refractivity contribution < 1.29 is 63.2 Å². The van der Waals surface area contributed by atoms with Crippen LogP contribution in [0, 0.1) is 5.92 Å². The number of amides is 8. The highest BCUT2D eigenvalue weighted by Gasteiger charge is 2.37. The number of phenols is 1. The quantitative estimate of drug-likeness (QED) is 0.0682. The molecule has 3 aromatic rings. The van der Waals surface area contributed by atoms with Crippen LogP contribution in [0.2, 0.25) is 0 Å². The van der Waals surface area contributed by atoms with Crippen LogP contribution in [-0.4, -0.2) is 141 Å². The normalized spacial score (nSPS) is 21.6. The van der Waals surface area contributed by atoms with Gasteiger partial charge in [0.1, 0.15) is 41.6 Å². The molecule has 0 spiro atoms. The highest BCUT2D eigenvalue weighted by atomic mass is 33.1. The number of rotatable bonds is 17. The number of benzene rings is 3. The Hall–Kier alpha value is -7.11. The monoisotopic (exact) mass is 1120 g/mol. The number of aliphatic hydroxyl groups excluding tert-OH is 1. The molecule has 1 fully saturated rings. The topological polar surface area (TPSA) is 320 Å². The lowest BCUT2D eigenvalue weighted by atomic mass is 9.90. The van der Waals surface area contributed by atoms with E-state index in [2.05, 4.69) is 42.5 Å². The van der Waals surface area contributed by atoms with Crippen LogP contribution >= 0.6 is 21.6 Å². The molecule has 0 aromatic heterocycles. The first kappa shape index (κ1) is 61.7. The van der Waals surface area contributed by atoms with Gasteiger partial charge in [-0.3, -0.25) is 28.8 Å². The lowest BCUT2D eigenvalue weighted by Crippen LogP contribution is -2.60. The van der Waals surface area contributed by atoms with E-state index in [1.54, 1.807) is 70.2 Å². The minimum atomic E-state index is -1.72. The second-order valence-electron chi connectivity index (χ2n) is 20.1. The fourth-order valence-electron chi connectivity index (χ4n) is 8.59. The molecule has 8 atom stereocenters. The van der Waals surface area contributed by atoms with E-state index < -0.39 is 114 Å². The van der Waals surface area contributed by atoms with Crippen molar-refractivity contribution in [2.75, 3.05) is 24.6 Å². The fraction of sp³-hybridized carbons (Fsp3) is 0.473. The van der Waals surface area contributed by atoms with Gasteiger partial charge < -0.3 is 62.6 Å². The minimum absolute atomic E-state index is 0.0307. The summed E-state index contributed by atoms with van der Waals surface area (Å²) in [5.74, 6) is -8.12. The molecule has 78 heavy (non-hydrogen) atoms. The van der Waals surface area contributed by atoms with Crippen LogP contribution in [0.4, 0.5) is 9.59 Å². The van der Waals surface area contributed by atoms with E-state index in [1.807, 2.05) is 30.3 Å². The maximum Gasteiger partial charge on any atom is 0.407 e. The van der Waals surface area contributed by atoms with Crippen molar-refractivity contribution >= 4 is 80.6 Å². The predicted molar refractivity (Wildman–Crippen MR) is 296 cm³/mol. The molecule has 1 aliphatic heterocycles. The van der Waals surface area contributed by atoms with Crippen molar-refractivity contribution in [2.45, 2.75) is 134 Å². The average molecular weight is 1120 g/mol. The highest BCUT2D eigenvalue weighted by molar-refractivity contribution is 8.76. The molecule has 422 valence electrons. The van der Waals surface area contributed by atoms with Gasteiger partial charge in [0.05, 0.1) is 12.1 Å². The third-order valence-corrected chi connectivity index (χ3v) is 15.0. The molecule has 23 heteroatoms. The van der Waals surface area contributed by atoms with Gasteiger partial charge in [0.15, 0.2) is 5.78 Å². The van der Waals surface area contributed by atoms with E-state index >= 15 is 0 Å². The molecule has 5 rings (SSSR count). The Bertz CT molecular complexity index is 2610. The Labute approximate surface area is 461 Å². The number of urea groups is 1. The van der Waals surface area contributed by atoms with E-state index in [0.29, 0.717) is 29.5 Å². The Morgan fingerprint density at radius 1 is 0.769 bits per heavy atom. The summed E-state index contributed by atoms with van der Waals surface area (Å²) in [4.78, 5) is 125. The number of nitrogens with one attached hydrogen (secondary N) is 8. The zero-order valence-electron chi connectivity index (χ0n) is 44.4. The average Bonchev–Trinajstić information content (AvgIpc) is 3.81. The second kappa shape index (κ2) is 30.1. The van der Waals surface area contributed by atoms with E-state index in [4.69, 9.17) is 4.74 Å². The molecule has 1 saturated heterocycles. The van der Waals surface area contributed by atoms with Crippen LogP contribution in [0.25, 0.3) is 5.57 Å². The van der Waals surface area contributed by atoms with Gasteiger partial charge in [-0.25, -0.2) is 14.4 Å². The standard InChI is InChI=1S/C55H72N8O13S2/c1-6-56-53(74)62-41(27-33-14-8-7-9-15-33)49(69)60-43-30-77-78-31-44(52(72)73)61-51(71)46(32(2)64)63-48(68)40(18-12-13-25-57-54(75)76-55(3,4)5)58-50(70)42(28-36-22-21-35-16-10-11-17-39(35)36)59-47(67)37(29-45(43)66)26-34-19-23-38(65)24-20-34/h7-11,14-17,19-20,22-24,32,37,40-44,46,64-65H,6,12-13,18,21,25-31H2,1-5H3,(H,57,75)(H,58,70)(H,59,67)(H,60,69)(H,61,71)(H,63,68)(H,72,73)(H2,56,62,74)/t32-,37-,40+,41-,42-,43+,44+,46+/m1/s1. The van der Waals surface area contributed by atoms with Gasteiger partial charge in [0.2, 0.25) is 29.5 Å². The Morgan fingerprint density at radius 3 is 2.12 bits per heavy atom. The minimum Gasteiger partial charge on any atom is -0.508 e. The Balaban J connectivity index is 1.55. The number of hydrogen-bond donors (Lipinski definition) is 11. The number of carboxylic acids is 1. The van der Waals surface area contributed by atoms with Crippen molar-refractivity contribution in [3.8, 4) is 5.75 Å². The molecule has 1 heterocycles. The summed E-state index contributed by atoms with van der Waals surface area (Å²) in [5.41, 5.74) is 2.99. The van der Waals surface area contributed by atoms with Gasteiger partial charge >= 0.3 is 18.1 Å². The zero-order chi connectivity index (χ0) is 56.9.